The van der Waals surface area contributed by atoms with E-state index in [1.54, 1.807) is 30.3 Å². The highest BCUT2D eigenvalue weighted by atomic mass is 35.5. The molecule has 3 nitrogen and oxygen atoms in total. The van der Waals surface area contributed by atoms with Crippen molar-refractivity contribution in [2.24, 2.45) is 0 Å². The highest BCUT2D eigenvalue weighted by molar-refractivity contribution is 6.30. The summed E-state index contributed by atoms with van der Waals surface area (Å²) in [6, 6.07) is 14.0. The number of halogens is 1. The summed E-state index contributed by atoms with van der Waals surface area (Å²) in [4.78, 5) is 23.3. The second-order valence-corrected chi connectivity index (χ2v) is 5.34. The molecular formula is C18H17ClO3. The third kappa shape index (κ3) is 4.71. The molecule has 0 heterocycles. The van der Waals surface area contributed by atoms with Crippen molar-refractivity contribution in [3.8, 4) is 5.75 Å². The third-order valence-corrected chi connectivity index (χ3v) is 3.47. The largest absolute Gasteiger partial charge is 0.427 e. The van der Waals surface area contributed by atoms with Gasteiger partial charge in [-0.05, 0) is 48.4 Å². The number of rotatable bonds is 6. The molecule has 0 aromatic heterocycles. The molecular weight excluding hydrogens is 300 g/mol. The summed E-state index contributed by atoms with van der Waals surface area (Å²) in [7, 11) is 0. The molecule has 4 heteroatoms. The maximum Gasteiger partial charge on any atom is 0.311 e. The normalized spacial score (nSPS) is 10.3. The van der Waals surface area contributed by atoms with E-state index in [9.17, 15) is 9.59 Å². The van der Waals surface area contributed by atoms with Crippen LogP contribution in [0.1, 0.15) is 35.7 Å². The molecule has 0 saturated carbocycles. The van der Waals surface area contributed by atoms with Crippen molar-refractivity contribution < 1.29 is 14.3 Å². The molecule has 0 fully saturated rings. The van der Waals surface area contributed by atoms with Gasteiger partial charge >= 0.3 is 5.97 Å². The van der Waals surface area contributed by atoms with E-state index in [2.05, 4.69) is 0 Å². The molecule has 0 aliphatic heterocycles. The fourth-order valence-electron chi connectivity index (χ4n) is 2.03. The molecule has 114 valence electrons. The number of ether oxygens (including phenoxy) is 1. The van der Waals surface area contributed by atoms with E-state index in [1.807, 2.05) is 25.1 Å². The Labute approximate surface area is 134 Å². The summed E-state index contributed by atoms with van der Waals surface area (Å²) in [6.07, 6.45) is 1.31. The van der Waals surface area contributed by atoms with Crippen molar-refractivity contribution in [3.05, 3.63) is 64.7 Å². The Bertz CT molecular complexity index is 662. The number of Topliss-reactive ketones (excluding diaryl/α,β-unsaturated/α-hetero) is 1. The number of benzene rings is 2. The van der Waals surface area contributed by atoms with Crippen LogP contribution in [-0.2, 0) is 11.2 Å². The minimum atomic E-state index is -0.311. The molecule has 2 aromatic rings. The molecule has 2 rings (SSSR count). The van der Waals surface area contributed by atoms with Crippen molar-refractivity contribution in [2.75, 3.05) is 0 Å². The van der Waals surface area contributed by atoms with Crippen LogP contribution in [-0.4, -0.2) is 11.8 Å². The van der Waals surface area contributed by atoms with E-state index in [0.717, 1.165) is 5.56 Å². The van der Waals surface area contributed by atoms with Crippen LogP contribution in [0, 0.1) is 0 Å². The van der Waals surface area contributed by atoms with Crippen molar-refractivity contribution in [1.29, 1.82) is 0 Å². The number of esters is 1. The van der Waals surface area contributed by atoms with Crippen LogP contribution >= 0.6 is 11.6 Å². The van der Waals surface area contributed by atoms with Crippen LogP contribution in [0.15, 0.2) is 48.5 Å². The minimum absolute atomic E-state index is 0.0684. The summed E-state index contributed by atoms with van der Waals surface area (Å²) >= 11 is 5.90. The van der Waals surface area contributed by atoms with Crippen LogP contribution < -0.4 is 4.74 Å². The number of carbonyl (C=O) groups excluding carboxylic acids is 2. The first-order chi connectivity index (χ1) is 10.6. The van der Waals surface area contributed by atoms with Crippen LogP contribution in [0.5, 0.6) is 5.75 Å². The lowest BCUT2D eigenvalue weighted by Crippen LogP contribution is -2.09. The fraction of sp³-hybridized carbons (Fsp3) is 0.222. The van der Waals surface area contributed by atoms with Crippen LogP contribution in [0.3, 0.4) is 0 Å². The van der Waals surface area contributed by atoms with E-state index in [-0.39, 0.29) is 18.2 Å². The number of aryl methyl sites for hydroxylation is 1. The lowest BCUT2D eigenvalue weighted by Gasteiger charge is -2.05. The van der Waals surface area contributed by atoms with Crippen LogP contribution in [0.2, 0.25) is 5.02 Å². The van der Waals surface area contributed by atoms with Gasteiger partial charge in [0.15, 0.2) is 5.78 Å². The molecule has 22 heavy (non-hydrogen) atoms. The summed E-state index contributed by atoms with van der Waals surface area (Å²) in [5.41, 5.74) is 1.62. The van der Waals surface area contributed by atoms with Crippen molar-refractivity contribution >= 4 is 23.4 Å². The molecule has 2 aromatic carbocycles. The number of carbonyl (C=O) groups is 2. The van der Waals surface area contributed by atoms with E-state index in [1.165, 1.54) is 0 Å². The fourth-order valence-corrected chi connectivity index (χ4v) is 2.25. The Balaban J connectivity index is 1.88. The predicted octanol–water partition coefficient (Wildman–Crippen LogP) is 4.47. The highest BCUT2D eigenvalue weighted by Gasteiger charge is 2.07. The van der Waals surface area contributed by atoms with Crippen molar-refractivity contribution in [1.82, 2.24) is 0 Å². The zero-order valence-corrected chi connectivity index (χ0v) is 13.1. The number of hydrogen-bond acceptors (Lipinski definition) is 3. The summed E-state index contributed by atoms with van der Waals surface area (Å²) < 4.78 is 5.25. The van der Waals surface area contributed by atoms with Gasteiger partial charge in [-0.15, -0.1) is 0 Å². The van der Waals surface area contributed by atoms with Gasteiger partial charge in [0.05, 0.1) is 0 Å². The maximum atomic E-state index is 11.8. The summed E-state index contributed by atoms with van der Waals surface area (Å²) in [5.74, 6) is 0.206. The standard InChI is InChI=1S/C18H17ClO3/c1-2-17(20)14-7-9-16(10-8-14)22-18(21)11-6-13-4-3-5-15(19)12-13/h3-5,7-10,12H,2,6,11H2,1H3. The quantitative estimate of drug-likeness (QED) is 0.448. The SMILES string of the molecule is CCC(=O)c1ccc(OC(=O)CCc2cccc(Cl)c2)cc1. The van der Waals surface area contributed by atoms with Gasteiger partial charge in [-0.3, -0.25) is 9.59 Å². The van der Waals surface area contributed by atoms with Gasteiger partial charge in [0.1, 0.15) is 5.75 Å². The predicted molar refractivity (Wildman–Crippen MR) is 86.5 cm³/mol. The summed E-state index contributed by atoms with van der Waals surface area (Å²) in [5, 5.41) is 0.655. The second-order valence-electron chi connectivity index (χ2n) is 4.91. The van der Waals surface area contributed by atoms with Crippen LogP contribution in [0.25, 0.3) is 0 Å². The first-order valence-corrected chi connectivity index (χ1v) is 7.54. The monoisotopic (exact) mass is 316 g/mol. The molecule has 0 bridgehead atoms. The Hall–Kier alpha value is -2.13. The molecule has 0 spiro atoms. The second kappa shape index (κ2) is 7.76. The highest BCUT2D eigenvalue weighted by Crippen LogP contribution is 2.16. The van der Waals surface area contributed by atoms with Crippen molar-refractivity contribution in [3.63, 3.8) is 0 Å². The zero-order chi connectivity index (χ0) is 15.9. The molecule has 0 amide bonds. The third-order valence-electron chi connectivity index (χ3n) is 3.24. The van der Waals surface area contributed by atoms with Gasteiger partial charge < -0.3 is 4.74 Å². The number of ketones is 1. The zero-order valence-electron chi connectivity index (χ0n) is 12.3. The average molecular weight is 317 g/mol. The Morgan fingerprint density at radius 3 is 2.45 bits per heavy atom. The molecule has 0 aliphatic rings. The van der Waals surface area contributed by atoms with Gasteiger partial charge in [0.2, 0.25) is 0 Å². The van der Waals surface area contributed by atoms with E-state index in [0.29, 0.717) is 29.2 Å². The van der Waals surface area contributed by atoms with Crippen LogP contribution in [0.4, 0.5) is 0 Å². The molecule has 0 aliphatic carbocycles. The first kappa shape index (κ1) is 16.2. The summed E-state index contributed by atoms with van der Waals surface area (Å²) in [6.45, 7) is 1.81. The Morgan fingerprint density at radius 2 is 1.82 bits per heavy atom. The first-order valence-electron chi connectivity index (χ1n) is 7.17. The molecule has 0 atom stereocenters. The number of hydrogen-bond donors (Lipinski definition) is 0. The van der Waals surface area contributed by atoms with Gasteiger partial charge in [-0.2, -0.15) is 0 Å². The molecule has 0 saturated heterocycles. The van der Waals surface area contributed by atoms with Gasteiger partial charge in [-0.25, -0.2) is 0 Å². The topological polar surface area (TPSA) is 43.4 Å². The maximum absolute atomic E-state index is 11.8. The Kier molecular flexibility index (Phi) is 5.73. The van der Waals surface area contributed by atoms with E-state index in [4.69, 9.17) is 16.3 Å². The lowest BCUT2D eigenvalue weighted by molar-refractivity contribution is -0.134. The van der Waals surface area contributed by atoms with E-state index < -0.39 is 0 Å². The minimum Gasteiger partial charge on any atom is -0.427 e. The van der Waals surface area contributed by atoms with Gasteiger partial charge in [0, 0.05) is 23.4 Å². The van der Waals surface area contributed by atoms with Gasteiger partial charge in [-0.1, -0.05) is 30.7 Å². The smallest absolute Gasteiger partial charge is 0.311 e. The average Bonchev–Trinajstić information content (AvgIpc) is 2.53. The molecule has 0 unspecified atom stereocenters. The lowest BCUT2D eigenvalue weighted by atomic mass is 10.1. The van der Waals surface area contributed by atoms with E-state index >= 15 is 0 Å². The molecule has 0 N–H and O–H groups in total. The Morgan fingerprint density at radius 1 is 1.09 bits per heavy atom. The van der Waals surface area contributed by atoms with Gasteiger partial charge in [0.25, 0.3) is 0 Å². The molecule has 0 radical (unpaired) electrons. The van der Waals surface area contributed by atoms with Crippen molar-refractivity contribution in [2.45, 2.75) is 26.2 Å².